The number of likely N-dealkylation sites (tertiary alicyclic amines) is 1. The van der Waals surface area contributed by atoms with Crippen molar-refractivity contribution in [3.05, 3.63) is 65.1 Å². The van der Waals surface area contributed by atoms with E-state index in [1.807, 2.05) is 36.9 Å². The van der Waals surface area contributed by atoms with Crippen LogP contribution < -0.4 is 4.74 Å². The van der Waals surface area contributed by atoms with Gasteiger partial charge in [0.2, 0.25) is 5.91 Å². The number of carbonyl (C=O) groups is 2. The fraction of sp³-hybridized carbons (Fsp3) is 0.429. The molecule has 1 fully saturated rings. The molecule has 0 bridgehead atoms. The minimum atomic E-state index is -0.312. The molecule has 2 amide bonds. The summed E-state index contributed by atoms with van der Waals surface area (Å²) in [5, 5.41) is 1.02. The highest BCUT2D eigenvalue weighted by Gasteiger charge is 2.47. The standard InChI is InChI=1S/C28H32FN3O3/c1-4-18(2)26(33)31-13-11-28(12-14-31)17-32(16-19-7-5-6-8-22(19)29)27(34)25-24(28)21-10-9-20(35-3)15-23(21)30-25/h5-10,15,18,30H,4,11-14,16-17H2,1-3H3. The summed E-state index contributed by atoms with van der Waals surface area (Å²) in [5.41, 5.74) is 2.64. The van der Waals surface area contributed by atoms with Gasteiger partial charge in [-0.3, -0.25) is 9.59 Å². The summed E-state index contributed by atoms with van der Waals surface area (Å²) in [6.45, 7) is 6.01. The third-order valence-electron chi connectivity index (χ3n) is 7.92. The highest BCUT2D eigenvalue weighted by molar-refractivity contribution is 6.03. The number of piperidine rings is 1. The maximum Gasteiger partial charge on any atom is 0.270 e. The molecule has 1 saturated heterocycles. The first-order valence-corrected chi connectivity index (χ1v) is 12.4. The van der Waals surface area contributed by atoms with Crippen LogP contribution in [0, 0.1) is 11.7 Å². The summed E-state index contributed by atoms with van der Waals surface area (Å²) in [4.78, 5) is 33.6. The first-order valence-electron chi connectivity index (χ1n) is 12.4. The van der Waals surface area contributed by atoms with Crippen molar-refractivity contribution in [2.75, 3.05) is 26.7 Å². The molecule has 0 saturated carbocycles. The van der Waals surface area contributed by atoms with Crippen molar-refractivity contribution >= 4 is 22.7 Å². The lowest BCUT2D eigenvalue weighted by atomic mass is 9.69. The number of aromatic amines is 1. The number of fused-ring (bicyclic) bond motifs is 4. The molecule has 5 rings (SSSR count). The average molecular weight is 478 g/mol. The van der Waals surface area contributed by atoms with E-state index in [0.29, 0.717) is 30.9 Å². The number of ether oxygens (including phenoxy) is 1. The fourth-order valence-corrected chi connectivity index (χ4v) is 5.70. The van der Waals surface area contributed by atoms with Gasteiger partial charge in [-0.2, -0.15) is 0 Å². The Morgan fingerprint density at radius 3 is 2.63 bits per heavy atom. The zero-order valence-electron chi connectivity index (χ0n) is 20.6. The quantitative estimate of drug-likeness (QED) is 0.570. The molecule has 35 heavy (non-hydrogen) atoms. The summed E-state index contributed by atoms with van der Waals surface area (Å²) in [6.07, 6.45) is 2.32. The van der Waals surface area contributed by atoms with Crippen molar-refractivity contribution in [2.45, 2.75) is 45.1 Å². The molecule has 1 unspecified atom stereocenters. The van der Waals surface area contributed by atoms with E-state index in [-0.39, 0.29) is 35.5 Å². The molecule has 184 valence electrons. The zero-order chi connectivity index (χ0) is 24.7. The Bertz CT molecular complexity index is 1280. The summed E-state index contributed by atoms with van der Waals surface area (Å²) in [6, 6.07) is 12.5. The van der Waals surface area contributed by atoms with E-state index < -0.39 is 0 Å². The number of halogens is 1. The Hall–Kier alpha value is -3.35. The Balaban J connectivity index is 1.55. The van der Waals surface area contributed by atoms with E-state index >= 15 is 0 Å². The van der Waals surface area contributed by atoms with Crippen LogP contribution >= 0.6 is 0 Å². The Morgan fingerprint density at radius 2 is 1.94 bits per heavy atom. The second kappa shape index (κ2) is 9.02. The highest BCUT2D eigenvalue weighted by Crippen LogP contribution is 2.46. The molecular formula is C28H32FN3O3. The number of aromatic nitrogens is 1. The van der Waals surface area contributed by atoms with Gasteiger partial charge in [-0.1, -0.05) is 32.0 Å². The van der Waals surface area contributed by atoms with Crippen LogP contribution in [-0.4, -0.2) is 53.3 Å². The van der Waals surface area contributed by atoms with E-state index in [0.717, 1.165) is 41.5 Å². The second-order valence-electron chi connectivity index (χ2n) is 9.95. The lowest BCUT2D eigenvalue weighted by Crippen LogP contribution is -2.55. The van der Waals surface area contributed by atoms with Crippen LogP contribution in [0.25, 0.3) is 10.9 Å². The van der Waals surface area contributed by atoms with E-state index in [4.69, 9.17) is 4.74 Å². The SMILES string of the molecule is CCC(C)C(=O)N1CCC2(CC1)CN(Cc1ccccc1F)C(=O)c1[nH]c3cc(OC)ccc3c12. The summed E-state index contributed by atoms with van der Waals surface area (Å²) in [7, 11) is 1.62. The minimum Gasteiger partial charge on any atom is -0.497 e. The number of methoxy groups -OCH3 is 1. The van der Waals surface area contributed by atoms with E-state index in [1.54, 1.807) is 30.2 Å². The van der Waals surface area contributed by atoms with Gasteiger partial charge in [0.15, 0.2) is 0 Å². The van der Waals surface area contributed by atoms with Crippen molar-refractivity contribution in [3.63, 3.8) is 0 Å². The van der Waals surface area contributed by atoms with Gasteiger partial charge in [0, 0.05) is 60.0 Å². The van der Waals surface area contributed by atoms with Crippen LogP contribution in [0.4, 0.5) is 4.39 Å². The molecular weight excluding hydrogens is 445 g/mol. The molecule has 0 aliphatic carbocycles. The van der Waals surface area contributed by atoms with Gasteiger partial charge in [0.05, 0.1) is 7.11 Å². The van der Waals surface area contributed by atoms with Crippen LogP contribution in [-0.2, 0) is 16.8 Å². The van der Waals surface area contributed by atoms with Crippen molar-refractivity contribution in [3.8, 4) is 5.75 Å². The normalized spacial score (nSPS) is 18.1. The predicted octanol–water partition coefficient (Wildman–Crippen LogP) is 4.88. The molecule has 3 heterocycles. The van der Waals surface area contributed by atoms with Gasteiger partial charge in [-0.15, -0.1) is 0 Å². The number of nitrogens with one attached hydrogen (secondary N) is 1. The minimum absolute atomic E-state index is 0.00523. The van der Waals surface area contributed by atoms with Crippen molar-refractivity contribution < 1.29 is 18.7 Å². The van der Waals surface area contributed by atoms with E-state index in [2.05, 4.69) is 4.98 Å². The monoisotopic (exact) mass is 477 g/mol. The number of hydrogen-bond donors (Lipinski definition) is 1. The van der Waals surface area contributed by atoms with Crippen LogP contribution in [0.1, 0.15) is 54.7 Å². The maximum atomic E-state index is 14.5. The van der Waals surface area contributed by atoms with Crippen LogP contribution in [0.5, 0.6) is 5.75 Å². The third-order valence-corrected chi connectivity index (χ3v) is 7.92. The predicted molar refractivity (Wildman–Crippen MR) is 133 cm³/mol. The van der Waals surface area contributed by atoms with E-state index in [1.165, 1.54) is 6.07 Å². The smallest absolute Gasteiger partial charge is 0.270 e. The van der Waals surface area contributed by atoms with E-state index in [9.17, 15) is 14.0 Å². The molecule has 6 nitrogen and oxygen atoms in total. The summed E-state index contributed by atoms with van der Waals surface area (Å²) < 4.78 is 19.9. The number of hydrogen-bond acceptors (Lipinski definition) is 3. The molecule has 1 atom stereocenters. The molecule has 1 N–H and O–H groups in total. The maximum absolute atomic E-state index is 14.5. The lowest BCUT2D eigenvalue weighted by molar-refractivity contribution is -0.136. The van der Waals surface area contributed by atoms with Gasteiger partial charge < -0.3 is 19.5 Å². The second-order valence-corrected chi connectivity index (χ2v) is 9.95. The van der Waals surface area contributed by atoms with Crippen molar-refractivity contribution in [2.24, 2.45) is 5.92 Å². The molecule has 1 aromatic heterocycles. The van der Waals surface area contributed by atoms with Crippen molar-refractivity contribution in [1.29, 1.82) is 0 Å². The molecule has 7 heteroatoms. The summed E-state index contributed by atoms with van der Waals surface area (Å²) >= 11 is 0. The third kappa shape index (κ3) is 3.97. The Morgan fingerprint density at radius 1 is 1.20 bits per heavy atom. The molecule has 2 aromatic carbocycles. The van der Waals surface area contributed by atoms with Gasteiger partial charge in [0.25, 0.3) is 5.91 Å². The summed E-state index contributed by atoms with van der Waals surface area (Å²) in [5.74, 6) is 0.486. The highest BCUT2D eigenvalue weighted by atomic mass is 19.1. The molecule has 2 aliphatic heterocycles. The number of rotatable bonds is 5. The van der Waals surface area contributed by atoms with Crippen LogP contribution in [0.3, 0.4) is 0 Å². The first kappa shape index (κ1) is 23.4. The molecule has 3 aromatic rings. The number of amides is 2. The molecule has 1 spiro atoms. The molecule has 0 radical (unpaired) electrons. The van der Waals surface area contributed by atoms with Gasteiger partial charge in [-0.05, 0) is 43.0 Å². The van der Waals surface area contributed by atoms with Crippen LogP contribution in [0.15, 0.2) is 42.5 Å². The topological polar surface area (TPSA) is 65.6 Å². The van der Waals surface area contributed by atoms with Gasteiger partial charge in [0.1, 0.15) is 17.3 Å². The van der Waals surface area contributed by atoms with Gasteiger partial charge in [-0.25, -0.2) is 4.39 Å². The number of carbonyl (C=O) groups excluding carboxylic acids is 2. The molecule has 2 aliphatic rings. The number of benzene rings is 2. The Kier molecular flexibility index (Phi) is 6.03. The largest absolute Gasteiger partial charge is 0.497 e. The number of nitrogens with zero attached hydrogens (tertiary/aromatic N) is 2. The zero-order valence-corrected chi connectivity index (χ0v) is 20.6. The van der Waals surface area contributed by atoms with Crippen molar-refractivity contribution in [1.82, 2.24) is 14.8 Å². The lowest BCUT2D eigenvalue weighted by Gasteiger charge is -2.48. The van der Waals surface area contributed by atoms with Gasteiger partial charge >= 0.3 is 0 Å². The Labute approximate surface area is 205 Å². The fourth-order valence-electron chi connectivity index (χ4n) is 5.70. The average Bonchev–Trinajstić information content (AvgIpc) is 3.28. The first-order chi connectivity index (χ1) is 16.9. The number of H-pyrrole nitrogens is 1. The van der Waals surface area contributed by atoms with Crippen LogP contribution in [0.2, 0.25) is 0 Å².